The fourth-order valence-corrected chi connectivity index (χ4v) is 3.11. The van der Waals surface area contributed by atoms with Crippen molar-refractivity contribution in [2.24, 2.45) is 4.99 Å². The molecule has 0 saturated heterocycles. The number of rotatable bonds is 3. The third-order valence-electron chi connectivity index (χ3n) is 3.16. The van der Waals surface area contributed by atoms with Gasteiger partial charge in [-0.05, 0) is 17.7 Å². The number of non-ortho nitro benzene ring substituents is 1. The molecule has 1 N–H and O–H groups in total. The van der Waals surface area contributed by atoms with Gasteiger partial charge in [0.15, 0.2) is 5.17 Å². The van der Waals surface area contributed by atoms with Crippen LogP contribution in [0, 0.1) is 10.1 Å². The number of hydrogen-bond donors (Lipinski definition) is 1. The first-order valence-electron chi connectivity index (χ1n) is 6.50. The summed E-state index contributed by atoms with van der Waals surface area (Å²) in [4.78, 5) is 14.8. The minimum Gasteiger partial charge on any atom is -0.335 e. The Kier molecular flexibility index (Phi) is 3.87. The number of benzene rings is 2. The highest BCUT2D eigenvalue weighted by Gasteiger charge is 2.22. The summed E-state index contributed by atoms with van der Waals surface area (Å²) in [6, 6.07) is 16.6. The van der Waals surface area contributed by atoms with Crippen molar-refractivity contribution in [2.45, 2.75) is 5.25 Å². The molecule has 0 aromatic heterocycles. The zero-order valence-corrected chi connectivity index (χ0v) is 11.9. The van der Waals surface area contributed by atoms with Crippen molar-refractivity contribution in [2.75, 3.05) is 11.9 Å². The Morgan fingerprint density at radius 1 is 1.14 bits per heavy atom. The first kappa shape index (κ1) is 13.6. The number of hydrogen-bond acceptors (Lipinski definition) is 5. The Balaban J connectivity index is 1.64. The van der Waals surface area contributed by atoms with E-state index in [2.05, 4.69) is 10.3 Å². The van der Waals surface area contributed by atoms with Gasteiger partial charge in [0.05, 0.1) is 16.7 Å². The number of thioether (sulfide) groups is 1. The summed E-state index contributed by atoms with van der Waals surface area (Å²) in [6.07, 6.45) is 0. The third kappa shape index (κ3) is 3.22. The van der Waals surface area contributed by atoms with Crippen LogP contribution in [-0.2, 0) is 0 Å². The van der Waals surface area contributed by atoms with Gasteiger partial charge >= 0.3 is 0 Å². The number of amidine groups is 1. The van der Waals surface area contributed by atoms with Gasteiger partial charge in [0.25, 0.3) is 5.69 Å². The molecule has 0 spiro atoms. The Morgan fingerprint density at radius 3 is 2.52 bits per heavy atom. The van der Waals surface area contributed by atoms with Crippen molar-refractivity contribution in [3.8, 4) is 0 Å². The molecule has 2 aromatic rings. The number of anilines is 1. The molecule has 1 atom stereocenters. The average Bonchev–Trinajstić information content (AvgIpc) is 2.97. The van der Waals surface area contributed by atoms with E-state index in [9.17, 15) is 10.1 Å². The zero-order valence-electron chi connectivity index (χ0n) is 11.1. The summed E-state index contributed by atoms with van der Waals surface area (Å²) in [5.41, 5.74) is 2.18. The maximum atomic E-state index is 10.7. The molecule has 0 fully saturated rings. The molecule has 0 amide bonds. The minimum atomic E-state index is -0.384. The van der Waals surface area contributed by atoms with Crippen LogP contribution >= 0.6 is 11.8 Å². The summed E-state index contributed by atoms with van der Waals surface area (Å²) in [5, 5.41) is 15.0. The number of nitrogens with one attached hydrogen (secondary N) is 1. The fourth-order valence-electron chi connectivity index (χ4n) is 2.07. The lowest BCUT2D eigenvalue weighted by Gasteiger charge is -2.09. The molecule has 0 bridgehead atoms. The fraction of sp³-hybridized carbons (Fsp3) is 0.133. The Morgan fingerprint density at radius 2 is 1.86 bits per heavy atom. The highest BCUT2D eigenvalue weighted by Crippen LogP contribution is 2.36. The van der Waals surface area contributed by atoms with Crippen LogP contribution in [0.2, 0.25) is 0 Å². The highest BCUT2D eigenvalue weighted by atomic mass is 32.2. The van der Waals surface area contributed by atoms with Gasteiger partial charge in [-0.25, -0.2) is 0 Å². The molecule has 2 aromatic carbocycles. The maximum absolute atomic E-state index is 10.7. The van der Waals surface area contributed by atoms with Crippen molar-refractivity contribution in [3.05, 3.63) is 70.3 Å². The summed E-state index contributed by atoms with van der Waals surface area (Å²) in [5.74, 6) is 0. The Hall–Kier alpha value is -2.34. The molecule has 0 aliphatic carbocycles. The van der Waals surface area contributed by atoms with E-state index in [0.717, 1.165) is 16.4 Å². The Bertz CT molecular complexity index is 671. The molecule has 1 aliphatic heterocycles. The lowest BCUT2D eigenvalue weighted by atomic mass is 10.1. The van der Waals surface area contributed by atoms with Gasteiger partial charge in [0, 0.05) is 17.8 Å². The first-order chi connectivity index (χ1) is 10.2. The monoisotopic (exact) mass is 299 g/mol. The van der Waals surface area contributed by atoms with Gasteiger partial charge in [-0.1, -0.05) is 42.1 Å². The van der Waals surface area contributed by atoms with Gasteiger partial charge in [0.1, 0.15) is 0 Å². The van der Waals surface area contributed by atoms with E-state index in [0.29, 0.717) is 6.54 Å². The van der Waals surface area contributed by atoms with E-state index in [1.807, 2.05) is 30.3 Å². The zero-order chi connectivity index (χ0) is 14.7. The minimum absolute atomic E-state index is 0.116. The van der Waals surface area contributed by atoms with Crippen LogP contribution in [-0.4, -0.2) is 16.6 Å². The summed E-state index contributed by atoms with van der Waals surface area (Å²) >= 11 is 1.64. The van der Waals surface area contributed by atoms with E-state index < -0.39 is 0 Å². The number of para-hydroxylation sites is 1. The topological polar surface area (TPSA) is 67.5 Å². The van der Waals surface area contributed by atoms with E-state index in [-0.39, 0.29) is 15.9 Å². The number of nitro groups is 1. The van der Waals surface area contributed by atoms with Crippen LogP contribution in [0.15, 0.2) is 59.6 Å². The van der Waals surface area contributed by atoms with Crippen LogP contribution in [0.5, 0.6) is 0 Å². The van der Waals surface area contributed by atoms with E-state index in [1.54, 1.807) is 36.0 Å². The molecular formula is C15H13N3O2S. The standard InChI is InChI=1S/C15H13N3O2S/c19-18(20)13-8-6-11(7-9-13)14-10-16-15(21-14)17-12-4-2-1-3-5-12/h1-9,14H,10H2,(H,16,17)/t14-/m0/s1. The summed E-state index contributed by atoms with van der Waals surface area (Å²) < 4.78 is 0. The van der Waals surface area contributed by atoms with Gasteiger partial charge in [-0.3, -0.25) is 15.1 Å². The SMILES string of the molecule is O=[N+]([O-])c1ccc([C@@H]2CN=C(Nc3ccccc3)S2)cc1. The van der Waals surface area contributed by atoms with E-state index >= 15 is 0 Å². The molecule has 1 aliphatic rings. The lowest BCUT2D eigenvalue weighted by molar-refractivity contribution is -0.384. The predicted molar refractivity (Wildman–Crippen MR) is 85.8 cm³/mol. The largest absolute Gasteiger partial charge is 0.335 e. The smallest absolute Gasteiger partial charge is 0.269 e. The van der Waals surface area contributed by atoms with Crippen LogP contribution < -0.4 is 5.32 Å². The van der Waals surface area contributed by atoms with Crippen LogP contribution in [0.1, 0.15) is 10.8 Å². The molecule has 0 unspecified atom stereocenters. The van der Waals surface area contributed by atoms with Gasteiger partial charge in [-0.15, -0.1) is 0 Å². The first-order valence-corrected chi connectivity index (χ1v) is 7.38. The summed E-state index contributed by atoms with van der Waals surface area (Å²) in [6.45, 7) is 0.678. The van der Waals surface area contributed by atoms with Gasteiger partial charge in [-0.2, -0.15) is 0 Å². The van der Waals surface area contributed by atoms with E-state index in [1.165, 1.54) is 0 Å². The molecule has 106 valence electrons. The van der Waals surface area contributed by atoms with Crippen molar-refractivity contribution >= 4 is 28.3 Å². The predicted octanol–water partition coefficient (Wildman–Crippen LogP) is 3.85. The molecule has 1 heterocycles. The molecule has 0 radical (unpaired) electrons. The molecule has 3 rings (SSSR count). The van der Waals surface area contributed by atoms with Gasteiger partial charge in [0.2, 0.25) is 0 Å². The second kappa shape index (κ2) is 5.97. The molecule has 5 nitrogen and oxygen atoms in total. The Labute approximate surface area is 126 Å². The third-order valence-corrected chi connectivity index (χ3v) is 4.32. The molecular weight excluding hydrogens is 286 g/mol. The maximum Gasteiger partial charge on any atom is 0.269 e. The quantitative estimate of drug-likeness (QED) is 0.690. The second-order valence-electron chi connectivity index (χ2n) is 4.59. The van der Waals surface area contributed by atoms with Gasteiger partial charge < -0.3 is 5.32 Å². The number of nitrogens with zero attached hydrogens (tertiary/aromatic N) is 2. The molecule has 21 heavy (non-hydrogen) atoms. The number of aliphatic imine (C=N–C) groups is 1. The summed E-state index contributed by atoms with van der Waals surface area (Å²) in [7, 11) is 0. The van der Waals surface area contributed by atoms with Crippen LogP contribution in [0.4, 0.5) is 11.4 Å². The molecule has 0 saturated carbocycles. The van der Waals surface area contributed by atoms with Crippen molar-refractivity contribution in [1.82, 2.24) is 0 Å². The van der Waals surface area contributed by atoms with Crippen molar-refractivity contribution in [1.29, 1.82) is 0 Å². The lowest BCUT2D eigenvalue weighted by Crippen LogP contribution is -2.04. The molecule has 6 heteroatoms. The van der Waals surface area contributed by atoms with E-state index in [4.69, 9.17) is 0 Å². The van der Waals surface area contributed by atoms with Crippen molar-refractivity contribution < 1.29 is 4.92 Å². The van der Waals surface area contributed by atoms with Crippen LogP contribution in [0.25, 0.3) is 0 Å². The highest BCUT2D eigenvalue weighted by molar-refractivity contribution is 8.14. The second-order valence-corrected chi connectivity index (χ2v) is 5.78. The normalized spacial score (nSPS) is 17.3. The average molecular weight is 299 g/mol. The number of nitro benzene ring substituents is 1. The van der Waals surface area contributed by atoms with Crippen LogP contribution in [0.3, 0.4) is 0 Å². The van der Waals surface area contributed by atoms with Crippen molar-refractivity contribution in [3.63, 3.8) is 0 Å².